The zero-order valence-corrected chi connectivity index (χ0v) is 17.2. The first-order valence-corrected chi connectivity index (χ1v) is 10.1. The maximum Gasteiger partial charge on any atom is 0.233 e. The molecule has 0 bridgehead atoms. The molecule has 0 radical (unpaired) electrons. The van der Waals surface area contributed by atoms with Crippen LogP contribution in [-0.4, -0.2) is 60.9 Å². The Balaban J connectivity index is 1.38. The molecule has 1 N–H and O–H groups in total. The minimum Gasteiger partial charge on any atom is -0.492 e. The number of carbonyl (C=O) groups excluding carboxylic acids is 2. The summed E-state index contributed by atoms with van der Waals surface area (Å²) < 4.78 is 5.74. The average molecular weight is 396 g/mol. The maximum absolute atomic E-state index is 12.5. The molecule has 2 amide bonds. The molecule has 1 saturated heterocycles. The molecule has 154 valence electrons. The Morgan fingerprint density at radius 3 is 2.41 bits per heavy atom. The number of para-hydroxylation sites is 1. The summed E-state index contributed by atoms with van der Waals surface area (Å²) in [6.45, 7) is 8.28. The molecule has 6 nitrogen and oxygen atoms in total. The van der Waals surface area contributed by atoms with Gasteiger partial charge in [-0.05, 0) is 43.2 Å². The second kappa shape index (κ2) is 10.1. The SMILES string of the molecule is Cc1cccc(NC(=O)CC(=O)N2CCN(CCOc3ccccc3)CC2)c1C. The number of hydrogen-bond donors (Lipinski definition) is 1. The van der Waals surface area contributed by atoms with Gasteiger partial charge in [-0.3, -0.25) is 14.5 Å². The minimum atomic E-state index is -0.262. The van der Waals surface area contributed by atoms with Crippen LogP contribution in [0.4, 0.5) is 5.69 Å². The molecule has 0 atom stereocenters. The fraction of sp³-hybridized carbons (Fsp3) is 0.391. The Morgan fingerprint density at radius 1 is 0.966 bits per heavy atom. The molecule has 1 fully saturated rings. The van der Waals surface area contributed by atoms with Crippen molar-refractivity contribution in [3.63, 3.8) is 0 Å². The highest BCUT2D eigenvalue weighted by Crippen LogP contribution is 2.18. The van der Waals surface area contributed by atoms with E-state index in [1.54, 1.807) is 4.90 Å². The number of nitrogens with one attached hydrogen (secondary N) is 1. The summed E-state index contributed by atoms with van der Waals surface area (Å²) in [5.74, 6) is 0.492. The van der Waals surface area contributed by atoms with E-state index in [4.69, 9.17) is 4.74 Å². The fourth-order valence-electron chi connectivity index (χ4n) is 3.36. The molecule has 0 unspecified atom stereocenters. The van der Waals surface area contributed by atoms with Gasteiger partial charge in [-0.15, -0.1) is 0 Å². The van der Waals surface area contributed by atoms with Crippen LogP contribution in [0.1, 0.15) is 17.5 Å². The number of hydrogen-bond acceptors (Lipinski definition) is 4. The van der Waals surface area contributed by atoms with Crippen molar-refractivity contribution >= 4 is 17.5 Å². The number of nitrogens with zero attached hydrogens (tertiary/aromatic N) is 2. The molecule has 29 heavy (non-hydrogen) atoms. The summed E-state index contributed by atoms with van der Waals surface area (Å²) in [6.07, 6.45) is -0.121. The Kier molecular flexibility index (Phi) is 7.25. The second-order valence-corrected chi connectivity index (χ2v) is 7.36. The predicted molar refractivity (Wildman–Crippen MR) is 114 cm³/mol. The largest absolute Gasteiger partial charge is 0.492 e. The molecule has 0 aliphatic carbocycles. The third-order valence-electron chi connectivity index (χ3n) is 5.33. The summed E-state index contributed by atoms with van der Waals surface area (Å²) in [7, 11) is 0. The van der Waals surface area contributed by atoms with Crippen molar-refractivity contribution in [1.29, 1.82) is 0 Å². The van der Waals surface area contributed by atoms with Gasteiger partial charge in [-0.2, -0.15) is 0 Å². The molecule has 2 aromatic rings. The maximum atomic E-state index is 12.5. The van der Waals surface area contributed by atoms with E-state index in [2.05, 4.69) is 10.2 Å². The monoisotopic (exact) mass is 395 g/mol. The molecular formula is C23H29N3O3. The summed E-state index contributed by atoms with van der Waals surface area (Å²) in [6, 6.07) is 15.5. The number of piperazine rings is 1. The van der Waals surface area contributed by atoms with Crippen LogP contribution in [0.2, 0.25) is 0 Å². The molecule has 1 aliphatic heterocycles. The Bertz CT molecular complexity index is 831. The van der Waals surface area contributed by atoms with E-state index in [0.29, 0.717) is 19.7 Å². The molecule has 0 saturated carbocycles. The zero-order chi connectivity index (χ0) is 20.6. The Hall–Kier alpha value is -2.86. The van der Waals surface area contributed by atoms with Crippen LogP contribution in [0.15, 0.2) is 48.5 Å². The lowest BCUT2D eigenvalue weighted by Crippen LogP contribution is -2.50. The lowest BCUT2D eigenvalue weighted by atomic mass is 10.1. The third-order valence-corrected chi connectivity index (χ3v) is 5.33. The highest BCUT2D eigenvalue weighted by molar-refractivity contribution is 6.03. The Labute approximate surface area is 172 Å². The van der Waals surface area contributed by atoms with Gasteiger partial charge in [0.05, 0.1) is 0 Å². The van der Waals surface area contributed by atoms with Gasteiger partial charge in [0, 0.05) is 38.4 Å². The topological polar surface area (TPSA) is 61.9 Å². The van der Waals surface area contributed by atoms with E-state index in [1.807, 2.05) is 62.4 Å². The molecule has 0 aromatic heterocycles. The smallest absolute Gasteiger partial charge is 0.233 e. The van der Waals surface area contributed by atoms with Gasteiger partial charge in [-0.1, -0.05) is 30.3 Å². The van der Waals surface area contributed by atoms with E-state index in [-0.39, 0.29) is 18.2 Å². The first-order valence-electron chi connectivity index (χ1n) is 10.1. The summed E-state index contributed by atoms with van der Waals surface area (Å²) in [4.78, 5) is 28.8. The van der Waals surface area contributed by atoms with E-state index in [0.717, 1.165) is 42.2 Å². The number of carbonyl (C=O) groups is 2. The van der Waals surface area contributed by atoms with Crippen LogP contribution in [0.25, 0.3) is 0 Å². The lowest BCUT2D eigenvalue weighted by molar-refractivity contribution is -0.136. The summed E-state index contributed by atoms with van der Waals surface area (Å²) in [5.41, 5.74) is 2.91. The first-order chi connectivity index (χ1) is 14.0. The van der Waals surface area contributed by atoms with Crippen molar-refractivity contribution in [2.24, 2.45) is 0 Å². The van der Waals surface area contributed by atoms with E-state index in [9.17, 15) is 9.59 Å². The minimum absolute atomic E-state index is 0.118. The van der Waals surface area contributed by atoms with Crippen LogP contribution in [0, 0.1) is 13.8 Å². The van der Waals surface area contributed by atoms with Crippen molar-refractivity contribution in [2.75, 3.05) is 44.6 Å². The van der Waals surface area contributed by atoms with Crippen molar-refractivity contribution < 1.29 is 14.3 Å². The zero-order valence-electron chi connectivity index (χ0n) is 17.2. The van der Waals surface area contributed by atoms with Crippen LogP contribution in [0.3, 0.4) is 0 Å². The third kappa shape index (κ3) is 6.06. The van der Waals surface area contributed by atoms with Gasteiger partial charge in [0.15, 0.2) is 0 Å². The van der Waals surface area contributed by atoms with E-state index >= 15 is 0 Å². The van der Waals surface area contributed by atoms with E-state index in [1.165, 1.54) is 0 Å². The van der Waals surface area contributed by atoms with Crippen molar-refractivity contribution in [3.05, 3.63) is 59.7 Å². The number of aryl methyl sites for hydroxylation is 1. The number of ether oxygens (including phenoxy) is 1. The van der Waals surface area contributed by atoms with Crippen molar-refractivity contribution in [1.82, 2.24) is 9.80 Å². The second-order valence-electron chi connectivity index (χ2n) is 7.36. The van der Waals surface area contributed by atoms with Crippen LogP contribution in [-0.2, 0) is 9.59 Å². The number of amides is 2. The number of benzene rings is 2. The summed E-state index contributed by atoms with van der Waals surface area (Å²) in [5, 5.41) is 2.86. The predicted octanol–water partition coefficient (Wildman–Crippen LogP) is 2.86. The van der Waals surface area contributed by atoms with Crippen molar-refractivity contribution in [2.45, 2.75) is 20.3 Å². The first kappa shape index (κ1) is 20.9. The molecule has 1 aliphatic rings. The van der Waals surface area contributed by atoms with Gasteiger partial charge in [0.25, 0.3) is 0 Å². The molecule has 0 spiro atoms. The van der Waals surface area contributed by atoms with Crippen LogP contribution < -0.4 is 10.1 Å². The molecule has 6 heteroatoms. The summed E-state index contributed by atoms with van der Waals surface area (Å²) >= 11 is 0. The number of rotatable bonds is 7. The van der Waals surface area contributed by atoms with Gasteiger partial charge in [0.2, 0.25) is 11.8 Å². The van der Waals surface area contributed by atoms with Gasteiger partial charge in [-0.25, -0.2) is 0 Å². The Morgan fingerprint density at radius 2 is 1.69 bits per heavy atom. The number of anilines is 1. The van der Waals surface area contributed by atoms with Gasteiger partial charge < -0.3 is 15.0 Å². The fourth-order valence-corrected chi connectivity index (χ4v) is 3.36. The van der Waals surface area contributed by atoms with Crippen LogP contribution >= 0.6 is 0 Å². The molecular weight excluding hydrogens is 366 g/mol. The quantitative estimate of drug-likeness (QED) is 0.733. The lowest BCUT2D eigenvalue weighted by Gasteiger charge is -2.34. The molecule has 1 heterocycles. The highest BCUT2D eigenvalue weighted by atomic mass is 16.5. The normalized spacial score (nSPS) is 14.5. The van der Waals surface area contributed by atoms with Gasteiger partial charge in [0.1, 0.15) is 18.8 Å². The van der Waals surface area contributed by atoms with E-state index < -0.39 is 0 Å². The van der Waals surface area contributed by atoms with Crippen LogP contribution in [0.5, 0.6) is 5.75 Å². The highest BCUT2D eigenvalue weighted by Gasteiger charge is 2.23. The molecule has 2 aromatic carbocycles. The average Bonchev–Trinajstić information content (AvgIpc) is 2.72. The standard InChI is InChI=1S/C23H29N3O3/c1-18-7-6-10-21(19(18)2)24-22(27)17-23(28)26-13-11-25(12-14-26)15-16-29-20-8-4-3-5-9-20/h3-10H,11-17H2,1-2H3,(H,24,27). The van der Waals surface area contributed by atoms with Crippen molar-refractivity contribution in [3.8, 4) is 5.75 Å². The van der Waals surface area contributed by atoms with Gasteiger partial charge >= 0.3 is 0 Å². The molecule has 3 rings (SSSR count).